The van der Waals surface area contributed by atoms with Crippen LogP contribution in [0.1, 0.15) is 61.8 Å². The lowest BCUT2D eigenvalue weighted by atomic mass is 9.89. The number of carbonyl (C=O) groups excluding carboxylic acids is 4. The molecule has 2 fully saturated rings. The second-order valence-corrected chi connectivity index (χ2v) is 16.5. The molecule has 0 aliphatic carbocycles. The van der Waals surface area contributed by atoms with Crippen LogP contribution in [-0.4, -0.2) is 106 Å². The highest BCUT2D eigenvalue weighted by Crippen LogP contribution is 2.50. The molecule has 6 rings (SSSR count). The van der Waals surface area contributed by atoms with E-state index in [1.54, 1.807) is 80.3 Å². The Kier molecular flexibility index (Phi) is 14.1. The Bertz CT molecular complexity index is 2230. The number of carbonyl (C=O) groups is 4. The van der Waals surface area contributed by atoms with Gasteiger partial charge in [0.1, 0.15) is 0 Å². The number of hydrogen-bond donors (Lipinski definition) is 0. The molecule has 2 saturated heterocycles. The minimum atomic E-state index is -0.481. The first kappa shape index (κ1) is 44.0. The molecule has 2 aliphatic rings. The van der Waals surface area contributed by atoms with Gasteiger partial charge in [-0.05, 0) is 69.5 Å². The zero-order valence-corrected chi connectivity index (χ0v) is 35.4. The largest absolute Gasteiger partial charge is 0.342 e. The molecule has 2 heterocycles. The van der Waals surface area contributed by atoms with Gasteiger partial charge >= 0.3 is 0 Å². The molecule has 0 aromatic heterocycles. The SMILES string of the molecule is CC(C)c1ccccc1-c1c(C=CC(=O)N2CCN(C=O)CC2)ccc(Sc2ccc(C=CC(=O)N3CCN(C=O)CC3)c(-c3ccccc3C(C)C)c2[N+](=O)[O-])c1[N+](=O)[O-]. The van der Waals surface area contributed by atoms with Crippen molar-refractivity contribution in [3.63, 3.8) is 0 Å². The van der Waals surface area contributed by atoms with Crippen LogP contribution in [0.25, 0.3) is 34.4 Å². The molecule has 316 valence electrons. The van der Waals surface area contributed by atoms with Gasteiger partial charge in [-0.15, -0.1) is 0 Å². The standard InChI is InChI=1S/C46H48N6O8S/c1-31(2)35-9-5-7-11-37(35)43-33(15-19-41(55)49-25-21-47(29-53)22-26-49)13-17-39(45(43)51(57)58)61-40-18-14-34(16-20-42(56)50-27-23-48(30-54)24-28-50)44(46(40)52(59)60)38-12-8-6-10-36(38)32(3)4/h5-20,29-32H,21-28H2,1-4H3. The van der Waals surface area contributed by atoms with Crippen LogP contribution in [0.15, 0.2) is 94.7 Å². The number of nitrogens with zero attached hydrogens (tertiary/aromatic N) is 6. The highest BCUT2D eigenvalue weighted by Gasteiger charge is 2.32. The van der Waals surface area contributed by atoms with E-state index in [1.807, 2.05) is 52.0 Å². The lowest BCUT2D eigenvalue weighted by Crippen LogP contribution is -2.47. The first-order valence-electron chi connectivity index (χ1n) is 20.1. The van der Waals surface area contributed by atoms with Gasteiger partial charge in [-0.2, -0.15) is 0 Å². The summed E-state index contributed by atoms with van der Waals surface area (Å²) in [6.07, 6.45) is 7.41. The van der Waals surface area contributed by atoms with Crippen molar-refractivity contribution in [3.8, 4) is 22.3 Å². The van der Waals surface area contributed by atoms with E-state index in [0.717, 1.165) is 35.7 Å². The van der Waals surface area contributed by atoms with Gasteiger partial charge < -0.3 is 19.6 Å². The van der Waals surface area contributed by atoms with E-state index in [2.05, 4.69) is 0 Å². The lowest BCUT2D eigenvalue weighted by Gasteiger charge is -2.31. The van der Waals surface area contributed by atoms with Gasteiger partial charge in [-0.3, -0.25) is 39.4 Å². The van der Waals surface area contributed by atoms with Gasteiger partial charge in [0.25, 0.3) is 11.4 Å². The van der Waals surface area contributed by atoms with Crippen molar-refractivity contribution in [1.29, 1.82) is 0 Å². The molecule has 0 unspecified atom stereocenters. The quantitative estimate of drug-likeness (QED) is 0.0531. The molecular formula is C46H48N6O8S. The average Bonchev–Trinajstić information content (AvgIpc) is 3.27. The van der Waals surface area contributed by atoms with Crippen molar-refractivity contribution in [2.45, 2.75) is 49.3 Å². The lowest BCUT2D eigenvalue weighted by molar-refractivity contribution is -0.387. The summed E-state index contributed by atoms with van der Waals surface area (Å²) in [5.41, 5.74) is 3.72. The van der Waals surface area contributed by atoms with Crippen LogP contribution in [-0.2, 0) is 19.2 Å². The summed E-state index contributed by atoms with van der Waals surface area (Å²) < 4.78 is 0. The fourth-order valence-electron chi connectivity index (χ4n) is 7.75. The summed E-state index contributed by atoms with van der Waals surface area (Å²) in [4.78, 5) is 81.6. The minimum Gasteiger partial charge on any atom is -0.342 e. The zero-order chi connectivity index (χ0) is 43.8. The van der Waals surface area contributed by atoms with E-state index in [-0.39, 0.29) is 55.9 Å². The Hall–Kier alpha value is -6.61. The first-order valence-corrected chi connectivity index (χ1v) is 21.0. The second kappa shape index (κ2) is 19.6. The Balaban J connectivity index is 1.50. The molecule has 15 heteroatoms. The number of nitro groups is 2. The number of piperazine rings is 2. The van der Waals surface area contributed by atoms with Crippen LogP contribution in [0.4, 0.5) is 11.4 Å². The number of hydrogen-bond acceptors (Lipinski definition) is 9. The van der Waals surface area contributed by atoms with Crippen LogP contribution in [0.3, 0.4) is 0 Å². The van der Waals surface area contributed by atoms with Gasteiger partial charge in [0.15, 0.2) is 0 Å². The molecule has 0 radical (unpaired) electrons. The summed E-state index contributed by atoms with van der Waals surface area (Å²) >= 11 is 0.912. The summed E-state index contributed by atoms with van der Waals surface area (Å²) in [6.45, 7) is 11.0. The molecule has 0 atom stereocenters. The number of amides is 4. The van der Waals surface area contributed by atoms with E-state index >= 15 is 0 Å². The third-order valence-electron chi connectivity index (χ3n) is 11.0. The molecule has 14 nitrogen and oxygen atoms in total. The predicted octanol–water partition coefficient (Wildman–Crippen LogP) is 7.86. The number of nitro benzene ring substituents is 2. The van der Waals surface area contributed by atoms with Gasteiger partial charge in [0.2, 0.25) is 24.6 Å². The van der Waals surface area contributed by atoms with Crippen molar-refractivity contribution >= 4 is 59.9 Å². The molecule has 61 heavy (non-hydrogen) atoms. The predicted molar refractivity (Wildman–Crippen MR) is 236 cm³/mol. The van der Waals surface area contributed by atoms with E-state index in [9.17, 15) is 39.4 Å². The first-order chi connectivity index (χ1) is 29.3. The van der Waals surface area contributed by atoms with Crippen LogP contribution in [0.2, 0.25) is 0 Å². The van der Waals surface area contributed by atoms with Gasteiger partial charge in [-0.1, -0.05) is 100 Å². The maximum atomic E-state index is 13.3. The van der Waals surface area contributed by atoms with Crippen LogP contribution < -0.4 is 0 Å². The summed E-state index contributed by atoms with van der Waals surface area (Å²) in [5.74, 6) is -0.651. The van der Waals surface area contributed by atoms with Crippen molar-refractivity contribution in [2.75, 3.05) is 52.4 Å². The summed E-state index contributed by atoms with van der Waals surface area (Å²) in [5, 5.41) is 26.7. The maximum absolute atomic E-state index is 13.3. The molecule has 4 aromatic carbocycles. The third kappa shape index (κ3) is 9.89. The van der Waals surface area contributed by atoms with Gasteiger partial charge in [-0.25, -0.2) is 0 Å². The maximum Gasteiger partial charge on any atom is 0.291 e. The minimum absolute atomic E-state index is 0.0298. The fourth-order valence-corrected chi connectivity index (χ4v) is 8.81. The van der Waals surface area contributed by atoms with Crippen LogP contribution in [0, 0.1) is 20.2 Å². The third-order valence-corrected chi connectivity index (χ3v) is 12.1. The van der Waals surface area contributed by atoms with E-state index in [1.165, 1.54) is 12.2 Å². The summed E-state index contributed by atoms with van der Waals surface area (Å²) in [7, 11) is 0. The highest BCUT2D eigenvalue weighted by atomic mass is 32.2. The normalized spacial score (nSPS) is 14.7. The fraction of sp³-hybridized carbons (Fsp3) is 0.304. The molecule has 0 spiro atoms. The second-order valence-electron chi connectivity index (χ2n) is 15.5. The van der Waals surface area contributed by atoms with Crippen molar-refractivity contribution in [2.24, 2.45) is 0 Å². The van der Waals surface area contributed by atoms with Gasteiger partial charge in [0, 0.05) is 64.5 Å². The highest BCUT2D eigenvalue weighted by molar-refractivity contribution is 7.99. The van der Waals surface area contributed by atoms with Gasteiger partial charge in [0.05, 0.1) is 30.8 Å². The molecule has 2 aliphatic heterocycles. The Labute approximate surface area is 358 Å². The van der Waals surface area contributed by atoms with Crippen molar-refractivity contribution in [3.05, 3.63) is 127 Å². The molecule has 4 amide bonds. The Morgan fingerprint density at radius 3 is 1.26 bits per heavy atom. The Morgan fingerprint density at radius 2 is 0.934 bits per heavy atom. The van der Waals surface area contributed by atoms with Crippen molar-refractivity contribution < 1.29 is 29.0 Å². The average molecular weight is 845 g/mol. The molecular weight excluding hydrogens is 797 g/mol. The van der Waals surface area contributed by atoms with Crippen LogP contribution >= 0.6 is 11.8 Å². The monoisotopic (exact) mass is 844 g/mol. The van der Waals surface area contributed by atoms with E-state index in [0.29, 0.717) is 74.6 Å². The smallest absolute Gasteiger partial charge is 0.291 e. The van der Waals surface area contributed by atoms with Crippen molar-refractivity contribution in [1.82, 2.24) is 19.6 Å². The molecule has 0 bridgehead atoms. The number of benzene rings is 4. The zero-order valence-electron chi connectivity index (χ0n) is 34.6. The molecule has 0 N–H and O–H groups in total. The number of rotatable bonds is 14. The molecule has 4 aromatic rings. The van der Waals surface area contributed by atoms with E-state index < -0.39 is 9.85 Å². The van der Waals surface area contributed by atoms with Crippen LogP contribution in [0.5, 0.6) is 0 Å². The topological polar surface area (TPSA) is 168 Å². The Morgan fingerprint density at radius 1 is 0.574 bits per heavy atom. The molecule has 0 saturated carbocycles. The van der Waals surface area contributed by atoms with E-state index in [4.69, 9.17) is 0 Å². The summed E-state index contributed by atoms with van der Waals surface area (Å²) in [6, 6.07) is 21.2.